The predicted molar refractivity (Wildman–Crippen MR) is 95.0 cm³/mol. The molecule has 1 aliphatic heterocycles. The van der Waals surface area contributed by atoms with E-state index < -0.39 is 15.9 Å². The first kappa shape index (κ1) is 13.0. The van der Waals surface area contributed by atoms with E-state index in [9.17, 15) is 0 Å². The van der Waals surface area contributed by atoms with E-state index in [2.05, 4.69) is 72.8 Å². The van der Waals surface area contributed by atoms with Crippen molar-refractivity contribution in [1.29, 1.82) is 0 Å². The van der Waals surface area contributed by atoms with Gasteiger partial charge in [0.1, 0.15) is 0 Å². The first-order valence-electron chi connectivity index (χ1n) is 7.61. The van der Waals surface area contributed by atoms with Crippen LogP contribution in [0.15, 0.2) is 72.8 Å². The van der Waals surface area contributed by atoms with E-state index in [0.29, 0.717) is 0 Å². The molecule has 2 nitrogen and oxygen atoms in total. The zero-order chi connectivity index (χ0) is 15.2. The average molecular weight is 312 g/mol. The summed E-state index contributed by atoms with van der Waals surface area (Å²) in [4.78, 5) is 0. The summed E-state index contributed by atoms with van der Waals surface area (Å²) in [6, 6.07) is 25.2. The summed E-state index contributed by atoms with van der Waals surface area (Å²) in [6.45, 7) is 0. The van der Waals surface area contributed by atoms with Crippen molar-refractivity contribution in [3.05, 3.63) is 72.8 Å². The summed E-state index contributed by atoms with van der Waals surface area (Å²) >= 11 is -0.553. The standard InChI is InChI=1S/C20H14O2.Al.H/c21-17-11-9-13-5-1-3-7-15(13)19(17)20-16-8-4-2-6-14(16)10-12-18(20)22;;/h1-12,21-22H;;/q;+3;-1/p-2. The van der Waals surface area contributed by atoms with E-state index in [1.807, 2.05) is 0 Å². The molecule has 0 spiro atoms. The van der Waals surface area contributed by atoms with E-state index >= 15 is 0 Å². The van der Waals surface area contributed by atoms with Gasteiger partial charge in [0.25, 0.3) is 0 Å². The van der Waals surface area contributed by atoms with Crippen LogP contribution < -0.4 is 7.58 Å². The number of hydrogen-bond acceptors (Lipinski definition) is 2. The van der Waals surface area contributed by atoms with Gasteiger partial charge < -0.3 is 1.43 Å². The van der Waals surface area contributed by atoms with E-state index in [1.54, 1.807) is 0 Å². The van der Waals surface area contributed by atoms with Gasteiger partial charge in [-0.05, 0) is 0 Å². The number of fused-ring (bicyclic) bond motifs is 7. The first-order chi connectivity index (χ1) is 11.4. The van der Waals surface area contributed by atoms with Crippen molar-refractivity contribution >= 4 is 37.4 Å². The van der Waals surface area contributed by atoms with Crippen molar-refractivity contribution in [3.8, 4) is 22.6 Å². The third-order valence-corrected chi connectivity index (χ3v) is 5.08. The van der Waals surface area contributed by atoms with E-state index in [0.717, 1.165) is 22.6 Å². The minimum absolute atomic E-state index is 0. The second kappa shape index (κ2) is 5.03. The van der Waals surface area contributed by atoms with Crippen LogP contribution in [0.25, 0.3) is 32.7 Å². The van der Waals surface area contributed by atoms with Gasteiger partial charge in [0.2, 0.25) is 0 Å². The molecule has 0 unspecified atom stereocenters. The Balaban J connectivity index is 0.00000146. The Morgan fingerprint density at radius 2 is 1.04 bits per heavy atom. The molecule has 1 heterocycles. The monoisotopic (exact) mass is 312 g/mol. The zero-order valence-electron chi connectivity index (χ0n) is 13.3. The SMILES string of the molecule is [H-].c1ccc2c3c(ccc2c1)[O][Al+][O]c1ccc2ccccc2c1-3. The molecule has 5 rings (SSSR count). The van der Waals surface area contributed by atoms with Crippen LogP contribution in [0.4, 0.5) is 0 Å². The fourth-order valence-corrected chi connectivity index (χ4v) is 3.99. The van der Waals surface area contributed by atoms with Gasteiger partial charge in [-0.15, -0.1) is 0 Å². The molecule has 0 aromatic heterocycles. The molecule has 3 heteroatoms. The summed E-state index contributed by atoms with van der Waals surface area (Å²) in [7, 11) is 0. The predicted octanol–water partition coefficient (Wildman–Crippen LogP) is 5.08. The third-order valence-electron chi connectivity index (χ3n) is 4.38. The van der Waals surface area contributed by atoms with Crippen molar-refractivity contribution < 1.29 is 9.00 Å². The molecular formula is C20H13AlO2. The molecule has 4 aromatic carbocycles. The second-order valence-corrected chi connectivity index (χ2v) is 6.32. The van der Waals surface area contributed by atoms with Crippen LogP contribution in [0.1, 0.15) is 1.43 Å². The average Bonchev–Trinajstić information content (AvgIpc) is 2.81. The number of hydrogen-bond donors (Lipinski definition) is 0. The quantitative estimate of drug-likeness (QED) is 0.422. The summed E-state index contributed by atoms with van der Waals surface area (Å²) in [5.41, 5.74) is 2.28. The fourth-order valence-electron chi connectivity index (χ4n) is 3.34. The Kier molecular flexibility index (Phi) is 2.84. The molecule has 0 saturated heterocycles. The van der Waals surface area contributed by atoms with Crippen molar-refractivity contribution in [1.82, 2.24) is 0 Å². The molecule has 0 amide bonds. The Labute approximate surface area is 142 Å². The normalized spacial score (nSPS) is 12.2. The van der Waals surface area contributed by atoms with Crippen molar-refractivity contribution in [2.24, 2.45) is 0 Å². The minimum atomic E-state index is -0.553. The number of benzene rings is 4. The molecule has 0 N–H and O–H groups in total. The van der Waals surface area contributed by atoms with Crippen LogP contribution in [0.5, 0.6) is 11.5 Å². The Morgan fingerprint density at radius 1 is 0.565 bits per heavy atom. The zero-order valence-corrected chi connectivity index (χ0v) is 13.5. The summed E-state index contributed by atoms with van der Waals surface area (Å²) < 4.78 is 11.9. The van der Waals surface area contributed by atoms with Crippen LogP contribution in [0.3, 0.4) is 0 Å². The summed E-state index contributed by atoms with van der Waals surface area (Å²) in [6.07, 6.45) is 0. The molecule has 0 fully saturated rings. The van der Waals surface area contributed by atoms with E-state index in [4.69, 9.17) is 7.58 Å². The summed E-state index contributed by atoms with van der Waals surface area (Å²) in [5.74, 6) is 1.82. The molecule has 0 saturated carbocycles. The molecule has 108 valence electrons. The van der Waals surface area contributed by atoms with Crippen LogP contribution in [0.2, 0.25) is 0 Å². The van der Waals surface area contributed by atoms with Gasteiger partial charge in [-0.1, -0.05) is 0 Å². The fraction of sp³-hybridized carbons (Fsp3) is 0. The Bertz CT molecular complexity index is 977. The maximum atomic E-state index is 5.95. The molecule has 0 aliphatic carbocycles. The van der Waals surface area contributed by atoms with E-state index in [-0.39, 0.29) is 1.43 Å². The summed E-state index contributed by atoms with van der Waals surface area (Å²) in [5, 5.41) is 4.83. The van der Waals surface area contributed by atoms with Crippen LogP contribution >= 0.6 is 0 Å². The number of rotatable bonds is 0. The topological polar surface area (TPSA) is 18.5 Å². The van der Waals surface area contributed by atoms with Gasteiger partial charge >= 0.3 is 140 Å². The maximum absolute atomic E-state index is 5.95. The van der Waals surface area contributed by atoms with Crippen LogP contribution in [-0.2, 0) is 0 Å². The van der Waals surface area contributed by atoms with Gasteiger partial charge in [0.05, 0.1) is 0 Å². The molecular weight excluding hydrogens is 299 g/mol. The van der Waals surface area contributed by atoms with Crippen molar-refractivity contribution in [2.75, 3.05) is 0 Å². The van der Waals surface area contributed by atoms with Crippen LogP contribution in [0, 0.1) is 0 Å². The molecule has 23 heavy (non-hydrogen) atoms. The third kappa shape index (κ3) is 1.95. The van der Waals surface area contributed by atoms with Gasteiger partial charge in [-0.25, -0.2) is 0 Å². The van der Waals surface area contributed by atoms with E-state index in [1.165, 1.54) is 21.5 Å². The Morgan fingerprint density at radius 3 is 1.57 bits per heavy atom. The van der Waals surface area contributed by atoms with Gasteiger partial charge in [0, 0.05) is 0 Å². The van der Waals surface area contributed by atoms with Gasteiger partial charge in [0.15, 0.2) is 0 Å². The molecule has 0 bridgehead atoms. The Hall–Kier alpha value is -2.47. The van der Waals surface area contributed by atoms with Gasteiger partial charge in [-0.2, -0.15) is 0 Å². The molecule has 0 atom stereocenters. The van der Waals surface area contributed by atoms with Gasteiger partial charge in [-0.3, -0.25) is 0 Å². The molecule has 1 aliphatic rings. The first-order valence-corrected chi connectivity index (χ1v) is 8.55. The molecule has 4 aromatic rings. The second-order valence-electron chi connectivity index (χ2n) is 5.65. The molecule has 0 radical (unpaired) electrons. The van der Waals surface area contributed by atoms with Crippen molar-refractivity contribution in [3.63, 3.8) is 0 Å². The van der Waals surface area contributed by atoms with Crippen molar-refractivity contribution in [2.45, 2.75) is 0 Å². The van der Waals surface area contributed by atoms with Crippen LogP contribution in [-0.4, -0.2) is 15.9 Å².